The van der Waals surface area contributed by atoms with Gasteiger partial charge in [0.1, 0.15) is 0 Å². The maximum Gasteiger partial charge on any atom is 0.416 e. The Morgan fingerprint density at radius 2 is 1.90 bits per heavy atom. The highest BCUT2D eigenvalue weighted by Crippen LogP contribution is 2.39. The van der Waals surface area contributed by atoms with Crippen LogP contribution in [0.25, 0.3) is 0 Å². The number of hydrogen-bond donors (Lipinski definition) is 2. The van der Waals surface area contributed by atoms with Crippen molar-refractivity contribution in [2.24, 2.45) is 0 Å². The number of ether oxygens (including phenoxy) is 1. The summed E-state index contributed by atoms with van der Waals surface area (Å²) in [7, 11) is 1.50. The number of esters is 1. The van der Waals surface area contributed by atoms with Crippen molar-refractivity contribution in [2.75, 3.05) is 46.4 Å². The zero-order valence-corrected chi connectivity index (χ0v) is 16.9. The first-order valence-corrected chi connectivity index (χ1v) is 9.77. The number of likely N-dealkylation sites (N-methyl/N-ethyl adjacent to an activating group) is 1. The van der Waals surface area contributed by atoms with E-state index in [4.69, 9.17) is 4.74 Å². The molecule has 0 bridgehead atoms. The molecule has 1 aromatic carbocycles. The molecule has 7 nitrogen and oxygen atoms in total. The van der Waals surface area contributed by atoms with Crippen molar-refractivity contribution in [1.82, 2.24) is 20.4 Å². The summed E-state index contributed by atoms with van der Waals surface area (Å²) in [6.45, 7) is 4.82. The van der Waals surface area contributed by atoms with Crippen LogP contribution < -0.4 is 10.6 Å². The normalized spacial score (nSPS) is 20.9. The van der Waals surface area contributed by atoms with Crippen LogP contribution in [0.2, 0.25) is 0 Å². The van der Waals surface area contributed by atoms with E-state index in [0.29, 0.717) is 18.8 Å². The highest BCUT2D eigenvalue weighted by atomic mass is 19.4. The van der Waals surface area contributed by atoms with Gasteiger partial charge >= 0.3 is 18.2 Å². The lowest BCUT2D eigenvalue weighted by Crippen LogP contribution is -2.51. The number of urea groups is 1. The summed E-state index contributed by atoms with van der Waals surface area (Å²) in [5.41, 5.74) is -0.717. The van der Waals surface area contributed by atoms with Gasteiger partial charge in [0, 0.05) is 45.5 Å². The van der Waals surface area contributed by atoms with Crippen LogP contribution in [0.4, 0.5) is 18.0 Å². The smallest absolute Gasteiger partial charge is 0.416 e. The van der Waals surface area contributed by atoms with Gasteiger partial charge in [-0.3, -0.25) is 9.80 Å². The van der Waals surface area contributed by atoms with Crippen molar-refractivity contribution < 1.29 is 27.5 Å². The highest BCUT2D eigenvalue weighted by Gasteiger charge is 2.42. The van der Waals surface area contributed by atoms with Crippen LogP contribution >= 0.6 is 0 Å². The lowest BCUT2D eigenvalue weighted by molar-refractivity contribution is -0.141. The van der Waals surface area contributed by atoms with E-state index in [9.17, 15) is 22.8 Å². The van der Waals surface area contributed by atoms with Gasteiger partial charge < -0.3 is 15.4 Å². The monoisotopic (exact) mass is 426 g/mol. The number of alkyl halides is 3. The summed E-state index contributed by atoms with van der Waals surface area (Å²) < 4.78 is 46.1. The van der Waals surface area contributed by atoms with E-state index in [-0.39, 0.29) is 24.3 Å². The first-order valence-electron chi connectivity index (χ1n) is 9.77. The molecule has 3 rings (SSSR count). The number of piperazine rings is 1. The molecular weight excluding hydrogens is 401 g/mol. The molecule has 2 heterocycles. The minimum atomic E-state index is -4.64. The van der Waals surface area contributed by atoms with Gasteiger partial charge in [-0.1, -0.05) is 18.2 Å². The third-order valence-corrected chi connectivity index (χ3v) is 5.23. The number of hydrogen-bond acceptors (Lipinski definition) is 5. The lowest BCUT2D eigenvalue weighted by atomic mass is 9.90. The van der Waals surface area contributed by atoms with Crippen molar-refractivity contribution in [1.29, 1.82) is 0 Å². The Bertz CT molecular complexity index is 835. The molecule has 2 aliphatic rings. The molecule has 10 heteroatoms. The minimum absolute atomic E-state index is 0.0224. The van der Waals surface area contributed by atoms with E-state index < -0.39 is 29.8 Å². The van der Waals surface area contributed by atoms with Gasteiger partial charge in [0.05, 0.1) is 23.8 Å². The molecule has 164 valence electrons. The topological polar surface area (TPSA) is 73.9 Å². The van der Waals surface area contributed by atoms with Crippen LogP contribution in [-0.4, -0.2) is 68.2 Å². The fourth-order valence-electron chi connectivity index (χ4n) is 3.72. The molecule has 0 aliphatic carbocycles. The largest absolute Gasteiger partial charge is 0.463 e. The number of nitrogens with one attached hydrogen (secondary N) is 2. The van der Waals surface area contributed by atoms with Crippen LogP contribution in [0.1, 0.15) is 24.1 Å². The van der Waals surface area contributed by atoms with E-state index in [1.165, 1.54) is 30.1 Å². The predicted octanol–water partition coefficient (Wildman–Crippen LogP) is 2.12. The van der Waals surface area contributed by atoms with Crippen LogP contribution in [0, 0.1) is 0 Å². The van der Waals surface area contributed by atoms with Crippen molar-refractivity contribution in [3.8, 4) is 0 Å². The Morgan fingerprint density at radius 3 is 2.53 bits per heavy atom. The molecule has 1 fully saturated rings. The zero-order chi connectivity index (χ0) is 21.9. The zero-order valence-electron chi connectivity index (χ0n) is 16.9. The molecule has 2 amide bonds. The maximum atomic E-state index is 13.7. The summed E-state index contributed by atoms with van der Waals surface area (Å²) in [5.74, 6) is -0.739. The number of amides is 2. The van der Waals surface area contributed by atoms with E-state index >= 15 is 0 Å². The van der Waals surface area contributed by atoms with Crippen molar-refractivity contribution in [2.45, 2.75) is 19.1 Å². The highest BCUT2D eigenvalue weighted by molar-refractivity contribution is 5.95. The molecule has 1 saturated heterocycles. The molecule has 0 saturated carbocycles. The summed E-state index contributed by atoms with van der Waals surface area (Å²) in [5, 5.41) is 5.77. The number of carbonyl (C=O) groups excluding carboxylic acids is 2. The Labute approximate surface area is 172 Å². The van der Waals surface area contributed by atoms with Crippen LogP contribution in [0.3, 0.4) is 0 Å². The third-order valence-electron chi connectivity index (χ3n) is 5.23. The van der Waals surface area contributed by atoms with Crippen molar-refractivity contribution in [3.63, 3.8) is 0 Å². The van der Waals surface area contributed by atoms with Gasteiger partial charge in [-0.25, -0.2) is 9.59 Å². The number of halogens is 3. The molecule has 1 unspecified atom stereocenters. The van der Waals surface area contributed by atoms with Crippen molar-refractivity contribution >= 4 is 12.0 Å². The standard InChI is InChI=1S/C20H25F3N4O3/c1-3-30-18(28)16-15(12-27-10-8-24-9-11-27)26(2)19(29)25-17(16)13-6-4-5-7-14(13)20(21,22)23/h4-7,17,24H,3,8-12H2,1-2H3,(H,25,29). The fraction of sp³-hybridized carbons (Fsp3) is 0.500. The molecular formula is C20H25F3N4O3. The lowest BCUT2D eigenvalue weighted by Gasteiger charge is -2.38. The van der Waals surface area contributed by atoms with Gasteiger partial charge in [0.2, 0.25) is 0 Å². The molecule has 2 aliphatic heterocycles. The van der Waals surface area contributed by atoms with E-state index in [1.807, 2.05) is 4.90 Å². The Morgan fingerprint density at radius 1 is 1.23 bits per heavy atom. The average Bonchev–Trinajstić information content (AvgIpc) is 2.71. The summed E-state index contributed by atoms with van der Waals surface area (Å²) >= 11 is 0. The molecule has 2 N–H and O–H groups in total. The number of benzene rings is 1. The molecule has 1 atom stereocenters. The number of nitrogens with zero attached hydrogens (tertiary/aromatic N) is 2. The number of carbonyl (C=O) groups is 2. The van der Waals surface area contributed by atoms with E-state index in [0.717, 1.165) is 19.2 Å². The molecule has 0 spiro atoms. The van der Waals surface area contributed by atoms with E-state index in [2.05, 4.69) is 10.6 Å². The molecule has 0 aromatic heterocycles. The van der Waals surface area contributed by atoms with Gasteiger partial charge in [0.25, 0.3) is 0 Å². The summed E-state index contributed by atoms with van der Waals surface area (Å²) in [6.07, 6.45) is -4.64. The first kappa shape index (κ1) is 22.1. The predicted molar refractivity (Wildman–Crippen MR) is 103 cm³/mol. The van der Waals surface area contributed by atoms with E-state index in [1.54, 1.807) is 6.92 Å². The first-order chi connectivity index (χ1) is 14.2. The third kappa shape index (κ3) is 4.59. The van der Waals surface area contributed by atoms with Gasteiger partial charge in [0.15, 0.2) is 0 Å². The average molecular weight is 426 g/mol. The Balaban J connectivity index is 2.13. The maximum absolute atomic E-state index is 13.7. The molecule has 0 radical (unpaired) electrons. The summed E-state index contributed by atoms with van der Waals surface area (Å²) in [4.78, 5) is 28.8. The van der Waals surface area contributed by atoms with Crippen LogP contribution in [-0.2, 0) is 15.7 Å². The fourth-order valence-corrected chi connectivity index (χ4v) is 3.72. The van der Waals surface area contributed by atoms with Crippen molar-refractivity contribution in [3.05, 3.63) is 46.7 Å². The van der Waals surface area contributed by atoms with Gasteiger partial charge in [-0.05, 0) is 18.6 Å². The molecule has 1 aromatic rings. The van der Waals surface area contributed by atoms with Crippen LogP contribution in [0.5, 0.6) is 0 Å². The van der Waals surface area contributed by atoms with Crippen LogP contribution in [0.15, 0.2) is 35.5 Å². The summed E-state index contributed by atoms with van der Waals surface area (Å²) in [6, 6.07) is 3.12. The minimum Gasteiger partial charge on any atom is -0.463 e. The second-order valence-electron chi connectivity index (χ2n) is 7.13. The quantitative estimate of drug-likeness (QED) is 0.706. The second-order valence-corrected chi connectivity index (χ2v) is 7.13. The number of rotatable bonds is 5. The van der Waals surface area contributed by atoms with Gasteiger partial charge in [-0.2, -0.15) is 13.2 Å². The Kier molecular flexibility index (Phi) is 6.67. The molecule has 30 heavy (non-hydrogen) atoms. The second kappa shape index (κ2) is 9.05. The SMILES string of the molecule is CCOC(=O)C1=C(CN2CCNCC2)N(C)C(=O)NC1c1ccccc1C(F)(F)F. The Hall–Kier alpha value is -2.59. The van der Waals surface area contributed by atoms with Gasteiger partial charge in [-0.15, -0.1) is 0 Å².